The largest absolute Gasteiger partial charge is 0.367 e. The Morgan fingerprint density at radius 1 is 1.50 bits per heavy atom. The Labute approximate surface area is 129 Å². The summed E-state index contributed by atoms with van der Waals surface area (Å²) in [5, 5.41) is 6.75. The van der Waals surface area contributed by atoms with Gasteiger partial charge in [-0.15, -0.1) is 11.3 Å². The molecule has 1 amide bonds. The van der Waals surface area contributed by atoms with E-state index in [9.17, 15) is 4.79 Å². The number of nitrogens with two attached hydrogens (primary N) is 1. The summed E-state index contributed by atoms with van der Waals surface area (Å²) in [7, 11) is 0. The topological polar surface area (TPSA) is 81.2 Å². The number of carbonyl (C=O) groups excluding carboxylic acids is 1. The molecule has 0 aliphatic carbocycles. The molecular formula is C13H16BrN3O2S. The maximum atomic E-state index is 12.2. The summed E-state index contributed by atoms with van der Waals surface area (Å²) in [5.41, 5.74) is 6.53. The van der Waals surface area contributed by atoms with Crippen molar-refractivity contribution in [2.24, 2.45) is 0 Å². The van der Waals surface area contributed by atoms with Crippen molar-refractivity contribution in [3.63, 3.8) is 0 Å². The second kappa shape index (κ2) is 6.90. The van der Waals surface area contributed by atoms with Crippen molar-refractivity contribution in [3.05, 3.63) is 21.5 Å². The normalized spacial score (nSPS) is 10.7. The van der Waals surface area contributed by atoms with Crippen LogP contribution in [0.3, 0.4) is 0 Å². The molecule has 0 aliphatic rings. The Bertz CT molecular complexity index is 594. The number of aromatic nitrogens is 1. The van der Waals surface area contributed by atoms with Crippen molar-refractivity contribution in [3.8, 4) is 10.6 Å². The van der Waals surface area contributed by atoms with E-state index in [1.165, 1.54) is 11.3 Å². The molecule has 20 heavy (non-hydrogen) atoms. The summed E-state index contributed by atoms with van der Waals surface area (Å²) in [6, 6.07) is 3.77. The molecule has 0 fully saturated rings. The molecule has 2 heterocycles. The van der Waals surface area contributed by atoms with Crippen molar-refractivity contribution < 1.29 is 9.32 Å². The first-order valence-corrected chi connectivity index (χ1v) is 8.03. The number of amides is 1. The molecule has 5 nitrogen and oxygen atoms in total. The van der Waals surface area contributed by atoms with Crippen LogP contribution in [0.2, 0.25) is 0 Å². The van der Waals surface area contributed by atoms with Crippen LogP contribution in [0.4, 0.5) is 5.88 Å². The average Bonchev–Trinajstić information content (AvgIpc) is 3.00. The van der Waals surface area contributed by atoms with Crippen LogP contribution < -0.4 is 11.1 Å². The third kappa shape index (κ3) is 3.40. The molecule has 0 saturated heterocycles. The van der Waals surface area contributed by atoms with E-state index in [4.69, 9.17) is 10.3 Å². The summed E-state index contributed by atoms with van der Waals surface area (Å²) < 4.78 is 5.93. The highest BCUT2D eigenvalue weighted by Gasteiger charge is 2.23. The minimum absolute atomic E-state index is 0.0533. The fraction of sp³-hybridized carbons (Fsp3) is 0.385. The standard InChI is InChI=1S/C13H16BrN3O2S/c1-2-3-4-7-16-13(18)10-11(17-19-12(10)15)8-5-6-9(14)20-8/h5-6H,2-4,7,15H2,1H3,(H,16,18). The Kier molecular flexibility index (Phi) is 5.19. The van der Waals surface area contributed by atoms with Gasteiger partial charge in [0.25, 0.3) is 5.91 Å². The first-order chi connectivity index (χ1) is 9.63. The highest BCUT2D eigenvalue weighted by Crippen LogP contribution is 2.34. The smallest absolute Gasteiger partial charge is 0.259 e. The van der Waals surface area contributed by atoms with Gasteiger partial charge in [-0.2, -0.15) is 0 Å². The fourth-order valence-corrected chi connectivity index (χ4v) is 3.17. The summed E-state index contributed by atoms with van der Waals surface area (Å²) in [6.07, 6.45) is 3.15. The number of nitrogens with zero attached hydrogens (tertiary/aromatic N) is 1. The zero-order valence-corrected chi connectivity index (χ0v) is 13.5. The Balaban J connectivity index is 2.15. The van der Waals surface area contributed by atoms with Gasteiger partial charge in [0.1, 0.15) is 11.3 Å². The molecule has 0 unspecified atom stereocenters. The molecule has 2 aromatic rings. The second-order valence-corrected chi connectivity index (χ2v) is 6.80. The number of nitrogen functional groups attached to an aromatic ring is 1. The lowest BCUT2D eigenvalue weighted by Crippen LogP contribution is -2.25. The first-order valence-electron chi connectivity index (χ1n) is 6.42. The van der Waals surface area contributed by atoms with Gasteiger partial charge in [-0.1, -0.05) is 24.9 Å². The van der Waals surface area contributed by atoms with Crippen molar-refractivity contribution >= 4 is 39.1 Å². The van der Waals surface area contributed by atoms with Crippen LogP contribution >= 0.6 is 27.3 Å². The minimum Gasteiger partial charge on any atom is -0.367 e. The number of hydrogen-bond acceptors (Lipinski definition) is 5. The van der Waals surface area contributed by atoms with E-state index in [1.54, 1.807) is 0 Å². The number of nitrogens with one attached hydrogen (secondary N) is 1. The van der Waals surface area contributed by atoms with E-state index in [1.807, 2.05) is 12.1 Å². The minimum atomic E-state index is -0.237. The van der Waals surface area contributed by atoms with Crippen molar-refractivity contribution in [2.75, 3.05) is 12.3 Å². The van der Waals surface area contributed by atoms with Crippen LogP contribution in [0.5, 0.6) is 0 Å². The van der Waals surface area contributed by atoms with Gasteiger partial charge in [-0.05, 0) is 34.5 Å². The van der Waals surface area contributed by atoms with E-state index in [0.717, 1.165) is 27.9 Å². The number of anilines is 1. The molecule has 0 aliphatic heterocycles. The molecule has 0 bridgehead atoms. The van der Waals surface area contributed by atoms with E-state index in [2.05, 4.69) is 33.3 Å². The third-order valence-corrected chi connectivity index (χ3v) is 4.45. The van der Waals surface area contributed by atoms with Gasteiger partial charge in [0.2, 0.25) is 5.88 Å². The van der Waals surface area contributed by atoms with Crippen LogP contribution in [-0.2, 0) is 0 Å². The van der Waals surface area contributed by atoms with Crippen molar-refractivity contribution in [2.45, 2.75) is 26.2 Å². The Hall–Kier alpha value is -1.34. The molecule has 2 aromatic heterocycles. The highest BCUT2D eigenvalue weighted by atomic mass is 79.9. The number of hydrogen-bond donors (Lipinski definition) is 2. The van der Waals surface area contributed by atoms with Crippen molar-refractivity contribution in [1.82, 2.24) is 10.5 Å². The molecule has 2 rings (SSSR count). The maximum absolute atomic E-state index is 12.2. The number of rotatable bonds is 6. The predicted octanol–water partition coefficient (Wildman–Crippen LogP) is 3.67. The monoisotopic (exact) mass is 357 g/mol. The van der Waals surface area contributed by atoms with Gasteiger partial charge in [0, 0.05) is 6.54 Å². The number of carbonyl (C=O) groups is 1. The Morgan fingerprint density at radius 2 is 2.30 bits per heavy atom. The number of halogens is 1. The SMILES string of the molecule is CCCCCNC(=O)c1c(-c2ccc(Br)s2)noc1N. The van der Waals surface area contributed by atoms with Crippen LogP contribution in [0.25, 0.3) is 10.6 Å². The molecule has 0 atom stereocenters. The predicted molar refractivity (Wildman–Crippen MR) is 83.8 cm³/mol. The molecule has 7 heteroatoms. The lowest BCUT2D eigenvalue weighted by molar-refractivity contribution is 0.0954. The summed E-state index contributed by atoms with van der Waals surface area (Å²) in [5.74, 6) is -0.183. The maximum Gasteiger partial charge on any atom is 0.259 e. The number of thiophene rings is 1. The molecule has 0 aromatic carbocycles. The van der Waals surface area contributed by atoms with Gasteiger partial charge in [0.05, 0.1) is 8.66 Å². The Morgan fingerprint density at radius 3 is 2.95 bits per heavy atom. The molecule has 0 radical (unpaired) electrons. The quantitative estimate of drug-likeness (QED) is 0.772. The van der Waals surface area contributed by atoms with Gasteiger partial charge >= 0.3 is 0 Å². The van der Waals surface area contributed by atoms with Crippen molar-refractivity contribution in [1.29, 1.82) is 0 Å². The van der Waals surface area contributed by atoms with Crippen LogP contribution in [0.15, 0.2) is 20.4 Å². The molecule has 0 saturated carbocycles. The van der Waals surface area contributed by atoms with Gasteiger partial charge in [0.15, 0.2) is 0 Å². The van der Waals surface area contributed by atoms with Gasteiger partial charge in [-0.25, -0.2) is 0 Å². The lowest BCUT2D eigenvalue weighted by Gasteiger charge is -2.04. The van der Waals surface area contributed by atoms with E-state index in [-0.39, 0.29) is 11.8 Å². The zero-order valence-electron chi connectivity index (χ0n) is 11.1. The number of unbranched alkanes of at least 4 members (excludes halogenated alkanes) is 2. The third-order valence-electron chi connectivity index (χ3n) is 2.82. The lowest BCUT2D eigenvalue weighted by atomic mass is 10.2. The molecule has 0 spiro atoms. The van der Waals surface area contributed by atoms with Crippen LogP contribution in [0, 0.1) is 0 Å². The first kappa shape index (κ1) is 15.1. The highest BCUT2D eigenvalue weighted by molar-refractivity contribution is 9.11. The van der Waals surface area contributed by atoms with Crippen LogP contribution in [-0.4, -0.2) is 17.6 Å². The zero-order chi connectivity index (χ0) is 14.5. The molecule has 3 N–H and O–H groups in total. The average molecular weight is 358 g/mol. The van der Waals surface area contributed by atoms with E-state index in [0.29, 0.717) is 17.8 Å². The van der Waals surface area contributed by atoms with Crippen LogP contribution in [0.1, 0.15) is 36.5 Å². The summed E-state index contributed by atoms with van der Waals surface area (Å²) in [6.45, 7) is 2.75. The van der Waals surface area contributed by atoms with Gasteiger partial charge < -0.3 is 15.6 Å². The second-order valence-electron chi connectivity index (χ2n) is 4.34. The fourth-order valence-electron chi connectivity index (χ4n) is 1.80. The molecule has 108 valence electrons. The molecular weight excluding hydrogens is 342 g/mol. The summed E-state index contributed by atoms with van der Waals surface area (Å²) in [4.78, 5) is 13.0. The van der Waals surface area contributed by atoms with Gasteiger partial charge in [-0.3, -0.25) is 4.79 Å². The van der Waals surface area contributed by atoms with E-state index < -0.39 is 0 Å². The summed E-state index contributed by atoms with van der Waals surface area (Å²) >= 11 is 4.86. The van der Waals surface area contributed by atoms with E-state index >= 15 is 0 Å².